The number of hydrogen-bond acceptors (Lipinski definition) is 3. The first-order valence-electron chi connectivity index (χ1n) is 8.78. The lowest BCUT2D eigenvalue weighted by Gasteiger charge is -2.24. The second-order valence-electron chi connectivity index (χ2n) is 6.55. The van der Waals surface area contributed by atoms with Crippen molar-refractivity contribution in [1.82, 2.24) is 15.1 Å². The van der Waals surface area contributed by atoms with E-state index in [0.29, 0.717) is 5.56 Å². The topological polar surface area (TPSA) is 67.2 Å². The molecule has 0 saturated heterocycles. The zero-order valence-electron chi connectivity index (χ0n) is 15.3. The predicted octanol–water partition coefficient (Wildman–Crippen LogP) is 4.04. The molecule has 5 nitrogen and oxygen atoms in total. The fraction of sp³-hybridized carbons (Fsp3) is 0.238. The Kier molecular flexibility index (Phi) is 6.08. The summed E-state index contributed by atoms with van der Waals surface area (Å²) < 4.78 is 2.71. The highest BCUT2D eigenvalue weighted by Gasteiger charge is 2.24. The number of halogens is 1. The molecular formula is C21H22BrN3O2. The minimum atomic E-state index is -0.296. The van der Waals surface area contributed by atoms with Crippen molar-refractivity contribution < 1.29 is 9.90 Å². The van der Waals surface area contributed by atoms with Gasteiger partial charge in [0.1, 0.15) is 0 Å². The summed E-state index contributed by atoms with van der Waals surface area (Å²) in [7, 11) is 0. The molecule has 140 valence electrons. The zero-order valence-corrected chi connectivity index (χ0v) is 16.8. The quantitative estimate of drug-likeness (QED) is 0.623. The zero-order chi connectivity index (χ0) is 19.4. The van der Waals surface area contributed by atoms with Gasteiger partial charge in [-0.3, -0.25) is 4.79 Å². The lowest BCUT2D eigenvalue weighted by molar-refractivity contribution is 0.0908. The average molecular weight is 428 g/mol. The predicted molar refractivity (Wildman–Crippen MR) is 109 cm³/mol. The number of nitrogens with one attached hydrogen (secondary N) is 1. The van der Waals surface area contributed by atoms with E-state index in [4.69, 9.17) is 0 Å². The maximum atomic E-state index is 12.9. The van der Waals surface area contributed by atoms with Crippen LogP contribution in [0.15, 0.2) is 65.3 Å². The first-order chi connectivity index (χ1) is 13.0. The van der Waals surface area contributed by atoms with Gasteiger partial charge in [0.25, 0.3) is 5.91 Å². The molecule has 0 aliphatic rings. The lowest BCUT2D eigenvalue weighted by atomic mass is 9.94. The molecule has 0 unspecified atom stereocenters. The molecule has 0 spiro atoms. The number of carbonyl (C=O) groups excluding carboxylic acids is 1. The van der Waals surface area contributed by atoms with Gasteiger partial charge in [0, 0.05) is 17.0 Å². The van der Waals surface area contributed by atoms with Gasteiger partial charge >= 0.3 is 0 Å². The first-order valence-corrected chi connectivity index (χ1v) is 9.57. The highest BCUT2D eigenvalue weighted by atomic mass is 79.9. The summed E-state index contributed by atoms with van der Waals surface area (Å²) in [4.78, 5) is 12.9. The van der Waals surface area contributed by atoms with Crippen molar-refractivity contribution in [2.24, 2.45) is 5.92 Å². The van der Waals surface area contributed by atoms with Crippen LogP contribution in [0, 0.1) is 12.8 Å². The molecule has 1 aromatic heterocycles. The average Bonchev–Trinajstić information content (AvgIpc) is 3.08. The summed E-state index contributed by atoms with van der Waals surface area (Å²) in [6.07, 6.45) is 1.58. The van der Waals surface area contributed by atoms with Crippen LogP contribution in [0.4, 0.5) is 0 Å². The summed E-state index contributed by atoms with van der Waals surface area (Å²) >= 11 is 3.42. The van der Waals surface area contributed by atoms with Crippen LogP contribution in [-0.4, -0.2) is 27.4 Å². The number of hydrogen-bond donors (Lipinski definition) is 2. The van der Waals surface area contributed by atoms with Crippen molar-refractivity contribution >= 4 is 21.8 Å². The fourth-order valence-electron chi connectivity index (χ4n) is 3.01. The minimum absolute atomic E-state index is 0.0245. The molecule has 0 saturated carbocycles. The van der Waals surface area contributed by atoms with Gasteiger partial charge in [-0.15, -0.1) is 0 Å². The fourth-order valence-corrected chi connectivity index (χ4v) is 3.27. The molecule has 1 amide bonds. The second kappa shape index (κ2) is 8.50. The van der Waals surface area contributed by atoms with Crippen LogP contribution >= 0.6 is 15.9 Å². The van der Waals surface area contributed by atoms with Crippen molar-refractivity contribution in [2.45, 2.75) is 19.9 Å². The SMILES string of the molecule is Cc1c(C(=O)N[C@H](c2ccc(Br)cc2)[C@H](C)CO)cnn1-c1ccccc1. The maximum absolute atomic E-state index is 12.9. The number of aliphatic hydroxyl groups excluding tert-OH is 1. The maximum Gasteiger partial charge on any atom is 0.255 e. The number of aromatic nitrogens is 2. The molecule has 0 radical (unpaired) electrons. The van der Waals surface area contributed by atoms with Gasteiger partial charge < -0.3 is 10.4 Å². The van der Waals surface area contributed by atoms with Gasteiger partial charge in [0.2, 0.25) is 0 Å². The second-order valence-corrected chi connectivity index (χ2v) is 7.47. The third kappa shape index (κ3) is 4.28. The molecule has 3 rings (SSSR count). The van der Waals surface area contributed by atoms with Crippen LogP contribution in [0.5, 0.6) is 0 Å². The smallest absolute Gasteiger partial charge is 0.255 e. The van der Waals surface area contributed by atoms with E-state index in [1.54, 1.807) is 10.9 Å². The van der Waals surface area contributed by atoms with E-state index in [1.165, 1.54) is 0 Å². The van der Waals surface area contributed by atoms with Gasteiger partial charge in [-0.25, -0.2) is 4.68 Å². The number of benzene rings is 2. The van der Waals surface area contributed by atoms with Crippen molar-refractivity contribution in [3.05, 3.63) is 82.1 Å². The van der Waals surface area contributed by atoms with Crippen molar-refractivity contribution in [3.63, 3.8) is 0 Å². The number of para-hydroxylation sites is 1. The molecule has 0 aliphatic heterocycles. The molecule has 2 N–H and O–H groups in total. The van der Waals surface area contributed by atoms with Crippen LogP contribution < -0.4 is 5.32 Å². The molecule has 2 aromatic carbocycles. The van der Waals surface area contributed by atoms with Gasteiger partial charge in [0.15, 0.2) is 0 Å². The number of aliphatic hydroxyl groups is 1. The molecule has 6 heteroatoms. The Balaban J connectivity index is 1.86. The van der Waals surface area contributed by atoms with Gasteiger partial charge in [-0.2, -0.15) is 5.10 Å². The monoisotopic (exact) mass is 427 g/mol. The highest BCUT2D eigenvalue weighted by molar-refractivity contribution is 9.10. The highest BCUT2D eigenvalue weighted by Crippen LogP contribution is 2.24. The normalized spacial score (nSPS) is 13.2. The summed E-state index contributed by atoms with van der Waals surface area (Å²) in [5, 5.41) is 17.1. The summed E-state index contributed by atoms with van der Waals surface area (Å²) in [6.45, 7) is 3.76. The first kappa shape index (κ1) is 19.3. The Morgan fingerprint density at radius 1 is 1.19 bits per heavy atom. The Hall–Kier alpha value is -2.44. The van der Waals surface area contributed by atoms with E-state index in [0.717, 1.165) is 21.4 Å². The number of carbonyl (C=O) groups is 1. The summed E-state index contributed by atoms with van der Waals surface area (Å²) in [5.74, 6) is -0.331. The molecule has 2 atom stereocenters. The third-order valence-corrected chi connectivity index (χ3v) is 5.16. The Labute approximate surface area is 167 Å². The van der Waals surface area contributed by atoms with Crippen molar-refractivity contribution in [3.8, 4) is 5.69 Å². The van der Waals surface area contributed by atoms with Gasteiger partial charge in [0.05, 0.1) is 29.2 Å². The molecule has 27 heavy (non-hydrogen) atoms. The van der Waals surface area contributed by atoms with E-state index in [9.17, 15) is 9.90 Å². The van der Waals surface area contributed by atoms with Crippen LogP contribution in [0.2, 0.25) is 0 Å². The van der Waals surface area contributed by atoms with Crippen molar-refractivity contribution in [1.29, 1.82) is 0 Å². The molecular weight excluding hydrogens is 406 g/mol. The van der Waals surface area contributed by atoms with E-state index in [-0.39, 0.29) is 24.5 Å². The lowest BCUT2D eigenvalue weighted by Crippen LogP contribution is -2.34. The Morgan fingerprint density at radius 3 is 2.48 bits per heavy atom. The number of amides is 1. The molecule has 0 aliphatic carbocycles. The van der Waals surface area contributed by atoms with Gasteiger partial charge in [-0.05, 0) is 36.8 Å². The summed E-state index contributed by atoms with van der Waals surface area (Å²) in [5.41, 5.74) is 3.14. The standard InChI is InChI=1S/C21H22BrN3O2/c1-14(13-26)20(16-8-10-17(22)11-9-16)24-21(27)19-12-23-25(15(19)2)18-6-4-3-5-7-18/h3-12,14,20,26H,13H2,1-2H3,(H,24,27)/t14-,20+/m1/s1. The van der Waals surface area contributed by atoms with Crippen LogP contribution in [0.25, 0.3) is 5.69 Å². The summed E-state index contributed by atoms with van der Waals surface area (Å²) in [6, 6.07) is 17.1. The largest absolute Gasteiger partial charge is 0.396 e. The number of nitrogens with zero attached hydrogens (tertiary/aromatic N) is 2. The van der Waals surface area contributed by atoms with E-state index < -0.39 is 0 Å². The molecule has 1 heterocycles. The van der Waals surface area contributed by atoms with Crippen LogP contribution in [0.1, 0.15) is 34.6 Å². The third-order valence-electron chi connectivity index (χ3n) is 4.63. The van der Waals surface area contributed by atoms with E-state index in [1.807, 2.05) is 68.4 Å². The van der Waals surface area contributed by atoms with E-state index in [2.05, 4.69) is 26.3 Å². The Morgan fingerprint density at radius 2 is 1.85 bits per heavy atom. The molecule has 0 fully saturated rings. The molecule has 3 aromatic rings. The van der Waals surface area contributed by atoms with E-state index >= 15 is 0 Å². The van der Waals surface area contributed by atoms with Gasteiger partial charge in [-0.1, -0.05) is 53.2 Å². The number of rotatable bonds is 6. The van der Waals surface area contributed by atoms with Crippen LogP contribution in [0.3, 0.4) is 0 Å². The minimum Gasteiger partial charge on any atom is -0.396 e. The van der Waals surface area contributed by atoms with Crippen molar-refractivity contribution in [2.75, 3.05) is 6.61 Å². The Bertz CT molecular complexity index is 907. The molecule has 0 bridgehead atoms. The van der Waals surface area contributed by atoms with Crippen LogP contribution in [-0.2, 0) is 0 Å².